The zero-order valence-electron chi connectivity index (χ0n) is 12.7. The maximum atomic E-state index is 12.2. The first kappa shape index (κ1) is 15.8. The summed E-state index contributed by atoms with van der Waals surface area (Å²) in [6, 6.07) is 4.69. The molecule has 1 fully saturated rings. The van der Waals surface area contributed by atoms with Crippen LogP contribution in [0.4, 0.5) is 5.69 Å². The summed E-state index contributed by atoms with van der Waals surface area (Å²) < 4.78 is 7.75. The molecule has 0 unspecified atom stereocenters. The molecule has 0 atom stereocenters. The summed E-state index contributed by atoms with van der Waals surface area (Å²) in [5.74, 6) is -0.0612. The van der Waals surface area contributed by atoms with Crippen LogP contribution >= 0.6 is 11.3 Å². The van der Waals surface area contributed by atoms with Gasteiger partial charge in [-0.15, -0.1) is 0 Å². The number of aromatic nitrogens is 1. The maximum absolute atomic E-state index is 12.2. The van der Waals surface area contributed by atoms with Gasteiger partial charge in [0.05, 0.1) is 21.7 Å². The molecule has 8 heteroatoms. The first-order chi connectivity index (χ1) is 11.1. The minimum absolute atomic E-state index is 0.0328. The lowest BCUT2D eigenvalue weighted by molar-refractivity contribution is -0.384. The van der Waals surface area contributed by atoms with Crippen LogP contribution in [0.2, 0.25) is 0 Å². The van der Waals surface area contributed by atoms with Gasteiger partial charge in [-0.1, -0.05) is 17.8 Å². The molecule has 2 aromatic rings. The van der Waals surface area contributed by atoms with Crippen molar-refractivity contribution in [3.63, 3.8) is 0 Å². The van der Waals surface area contributed by atoms with Gasteiger partial charge >= 0.3 is 0 Å². The highest BCUT2D eigenvalue weighted by Crippen LogP contribution is 2.28. The molecule has 1 saturated carbocycles. The summed E-state index contributed by atoms with van der Waals surface area (Å²) in [4.78, 5) is 27.5. The second kappa shape index (κ2) is 6.59. The molecule has 1 aliphatic rings. The molecule has 0 saturated heterocycles. The number of nitrogens with zero attached hydrogens (tertiary/aromatic N) is 3. The number of benzene rings is 1. The number of hydrogen-bond acceptors (Lipinski definition) is 5. The van der Waals surface area contributed by atoms with Crippen LogP contribution < -0.4 is 4.80 Å². The highest BCUT2D eigenvalue weighted by Gasteiger charge is 2.25. The summed E-state index contributed by atoms with van der Waals surface area (Å²) in [6.45, 7) is 1.03. The minimum Gasteiger partial charge on any atom is -0.383 e. The van der Waals surface area contributed by atoms with Crippen LogP contribution in [0, 0.1) is 16.0 Å². The molecule has 1 amide bonds. The molecule has 1 aromatic carbocycles. The Hall–Kier alpha value is -2.06. The number of fused-ring (bicyclic) bond motifs is 1. The van der Waals surface area contributed by atoms with E-state index in [-0.39, 0.29) is 17.5 Å². The standard InChI is InChI=1S/C15H17N3O4S/c1-22-8-7-17-12-6-5-11(18(20)21)9-13(12)23-15(17)16-14(19)10-3-2-4-10/h5-6,9-10H,2-4,7-8H2,1H3. The van der Waals surface area contributed by atoms with Crippen molar-refractivity contribution in [2.75, 3.05) is 13.7 Å². The minimum atomic E-state index is -0.422. The van der Waals surface area contributed by atoms with E-state index >= 15 is 0 Å². The fourth-order valence-electron chi connectivity index (χ4n) is 2.50. The van der Waals surface area contributed by atoms with E-state index in [1.807, 2.05) is 4.57 Å². The normalized spacial score (nSPS) is 15.8. The summed E-state index contributed by atoms with van der Waals surface area (Å²) in [6.07, 6.45) is 2.88. The van der Waals surface area contributed by atoms with Gasteiger partial charge < -0.3 is 9.30 Å². The van der Waals surface area contributed by atoms with Crippen LogP contribution in [0.25, 0.3) is 10.2 Å². The number of nitro benzene ring substituents is 1. The van der Waals surface area contributed by atoms with Gasteiger partial charge in [-0.05, 0) is 18.9 Å². The average molecular weight is 335 g/mol. The zero-order chi connectivity index (χ0) is 16.4. The molecule has 1 aromatic heterocycles. The molecule has 0 radical (unpaired) electrons. The quantitative estimate of drug-likeness (QED) is 0.620. The van der Waals surface area contributed by atoms with Crippen molar-refractivity contribution >= 4 is 33.1 Å². The lowest BCUT2D eigenvalue weighted by Crippen LogP contribution is -2.25. The van der Waals surface area contributed by atoms with Crippen molar-refractivity contribution in [1.82, 2.24) is 4.57 Å². The lowest BCUT2D eigenvalue weighted by atomic mass is 9.85. The Labute approximate surface area is 136 Å². The van der Waals surface area contributed by atoms with Gasteiger partial charge in [-0.3, -0.25) is 14.9 Å². The van der Waals surface area contributed by atoms with Crippen molar-refractivity contribution in [2.45, 2.75) is 25.8 Å². The Kier molecular flexibility index (Phi) is 4.53. The van der Waals surface area contributed by atoms with E-state index in [4.69, 9.17) is 4.74 Å². The first-order valence-electron chi connectivity index (χ1n) is 7.45. The smallest absolute Gasteiger partial charge is 0.270 e. The monoisotopic (exact) mass is 335 g/mol. The molecule has 0 aliphatic heterocycles. The molecular formula is C15H17N3O4S. The van der Waals surface area contributed by atoms with E-state index in [0.717, 1.165) is 29.5 Å². The summed E-state index contributed by atoms with van der Waals surface area (Å²) in [7, 11) is 1.61. The van der Waals surface area contributed by atoms with Crippen LogP contribution in [0.5, 0.6) is 0 Å². The van der Waals surface area contributed by atoms with E-state index in [0.29, 0.717) is 18.0 Å². The molecule has 1 heterocycles. The highest BCUT2D eigenvalue weighted by molar-refractivity contribution is 7.16. The predicted molar refractivity (Wildman–Crippen MR) is 86.3 cm³/mol. The Morgan fingerprint density at radius 1 is 1.52 bits per heavy atom. The van der Waals surface area contributed by atoms with Crippen LogP contribution in [-0.2, 0) is 16.1 Å². The third-order valence-corrected chi connectivity index (χ3v) is 5.10. The third kappa shape index (κ3) is 3.18. The van der Waals surface area contributed by atoms with Crippen LogP contribution in [-0.4, -0.2) is 29.1 Å². The number of nitro groups is 1. The van der Waals surface area contributed by atoms with Crippen molar-refractivity contribution in [2.24, 2.45) is 10.9 Å². The summed E-state index contributed by atoms with van der Waals surface area (Å²) in [5.41, 5.74) is 0.868. The molecule has 0 bridgehead atoms. The van der Waals surface area contributed by atoms with Gasteiger partial charge in [0.15, 0.2) is 4.80 Å². The van der Waals surface area contributed by atoms with Crippen molar-refractivity contribution < 1.29 is 14.5 Å². The van der Waals surface area contributed by atoms with E-state index in [1.54, 1.807) is 13.2 Å². The molecule has 23 heavy (non-hydrogen) atoms. The fraction of sp³-hybridized carbons (Fsp3) is 0.467. The number of carbonyl (C=O) groups excluding carboxylic acids is 1. The van der Waals surface area contributed by atoms with Crippen LogP contribution in [0.15, 0.2) is 23.2 Å². The Balaban J connectivity index is 2.08. The number of non-ortho nitro benzene ring substituents is 1. The molecule has 122 valence electrons. The Morgan fingerprint density at radius 3 is 2.91 bits per heavy atom. The van der Waals surface area contributed by atoms with Crippen molar-refractivity contribution in [1.29, 1.82) is 0 Å². The summed E-state index contributed by atoms with van der Waals surface area (Å²) >= 11 is 1.30. The predicted octanol–water partition coefficient (Wildman–Crippen LogP) is 2.48. The molecule has 7 nitrogen and oxygen atoms in total. The van der Waals surface area contributed by atoms with Gasteiger partial charge in [0.1, 0.15) is 0 Å². The largest absolute Gasteiger partial charge is 0.383 e. The zero-order valence-corrected chi connectivity index (χ0v) is 13.5. The SMILES string of the molecule is COCCn1c(=NC(=O)C2CCC2)sc2cc([N+](=O)[O-])ccc21. The van der Waals surface area contributed by atoms with Gasteiger partial charge in [0, 0.05) is 31.7 Å². The fourth-order valence-corrected chi connectivity index (χ4v) is 3.59. The second-order valence-corrected chi connectivity index (χ2v) is 6.53. The summed E-state index contributed by atoms with van der Waals surface area (Å²) in [5, 5.41) is 10.9. The van der Waals surface area contributed by atoms with Crippen LogP contribution in [0.1, 0.15) is 19.3 Å². The Bertz CT molecular complexity index is 820. The number of methoxy groups -OCH3 is 1. The van der Waals surface area contributed by atoms with E-state index in [9.17, 15) is 14.9 Å². The van der Waals surface area contributed by atoms with Crippen LogP contribution in [0.3, 0.4) is 0 Å². The number of hydrogen-bond donors (Lipinski definition) is 0. The van der Waals surface area contributed by atoms with Gasteiger partial charge in [0.25, 0.3) is 11.6 Å². The number of carbonyl (C=O) groups is 1. The van der Waals surface area contributed by atoms with Gasteiger partial charge in [-0.25, -0.2) is 0 Å². The van der Waals surface area contributed by atoms with E-state index < -0.39 is 4.92 Å². The highest BCUT2D eigenvalue weighted by atomic mass is 32.1. The van der Waals surface area contributed by atoms with Crippen molar-refractivity contribution in [3.05, 3.63) is 33.1 Å². The number of thiazole rings is 1. The topological polar surface area (TPSA) is 86.7 Å². The second-order valence-electron chi connectivity index (χ2n) is 5.52. The Morgan fingerprint density at radius 2 is 2.30 bits per heavy atom. The lowest BCUT2D eigenvalue weighted by Gasteiger charge is -2.20. The molecule has 0 N–H and O–H groups in total. The molecular weight excluding hydrogens is 318 g/mol. The van der Waals surface area contributed by atoms with E-state index in [2.05, 4.69) is 4.99 Å². The third-order valence-electron chi connectivity index (χ3n) is 4.06. The first-order valence-corrected chi connectivity index (χ1v) is 8.27. The number of rotatable bonds is 5. The molecule has 1 aliphatic carbocycles. The number of amides is 1. The average Bonchev–Trinajstić information content (AvgIpc) is 2.79. The van der Waals surface area contributed by atoms with E-state index in [1.165, 1.54) is 23.5 Å². The molecule has 3 rings (SSSR count). The van der Waals surface area contributed by atoms with Gasteiger partial charge in [0.2, 0.25) is 0 Å². The molecule has 0 spiro atoms. The van der Waals surface area contributed by atoms with Crippen molar-refractivity contribution in [3.8, 4) is 0 Å². The van der Waals surface area contributed by atoms with Gasteiger partial charge in [-0.2, -0.15) is 4.99 Å². The number of ether oxygens (including phenoxy) is 1. The maximum Gasteiger partial charge on any atom is 0.270 e.